The largest absolute Gasteiger partial charge is 0.489 e. The van der Waals surface area contributed by atoms with Crippen molar-refractivity contribution < 1.29 is 4.74 Å². The Hall–Kier alpha value is -0.770. The molecule has 16 heavy (non-hydrogen) atoms. The Bertz CT molecular complexity index is 355. The highest BCUT2D eigenvalue weighted by molar-refractivity contribution is 6.30. The van der Waals surface area contributed by atoms with Gasteiger partial charge in [0.1, 0.15) is 11.9 Å². The second-order valence-electron chi connectivity index (χ2n) is 4.31. The number of hydrazine groups is 1. The third-order valence-corrected chi connectivity index (χ3v) is 3.18. The molecule has 1 aromatic rings. The van der Waals surface area contributed by atoms with Gasteiger partial charge < -0.3 is 4.74 Å². The monoisotopic (exact) mass is 240 g/mol. The van der Waals surface area contributed by atoms with Gasteiger partial charge in [0.05, 0.1) is 6.04 Å². The molecule has 2 rings (SSSR count). The first kappa shape index (κ1) is 11.7. The van der Waals surface area contributed by atoms with Crippen LogP contribution in [0.5, 0.6) is 5.75 Å². The molecular formula is C12H17ClN2O. The van der Waals surface area contributed by atoms with E-state index in [4.69, 9.17) is 22.2 Å². The van der Waals surface area contributed by atoms with Crippen LogP contribution >= 0.6 is 11.6 Å². The van der Waals surface area contributed by atoms with Crippen LogP contribution in [0, 0.1) is 5.92 Å². The molecular weight excluding hydrogens is 224 g/mol. The van der Waals surface area contributed by atoms with E-state index in [9.17, 15) is 0 Å². The van der Waals surface area contributed by atoms with E-state index in [-0.39, 0.29) is 12.1 Å². The Morgan fingerprint density at radius 3 is 2.81 bits per heavy atom. The molecule has 0 bridgehead atoms. The SMILES string of the molecule is CC(Oc1cccc(Cl)c1)C(NN)C1CC1. The van der Waals surface area contributed by atoms with Gasteiger partial charge in [-0.3, -0.25) is 11.3 Å². The van der Waals surface area contributed by atoms with Crippen LogP contribution < -0.4 is 16.0 Å². The number of nitrogens with two attached hydrogens (primary N) is 1. The normalized spacial score (nSPS) is 19.2. The summed E-state index contributed by atoms with van der Waals surface area (Å²) in [5, 5.41) is 0.688. The Morgan fingerprint density at radius 2 is 2.25 bits per heavy atom. The number of hydrogen-bond acceptors (Lipinski definition) is 3. The highest BCUT2D eigenvalue weighted by atomic mass is 35.5. The summed E-state index contributed by atoms with van der Waals surface area (Å²) >= 11 is 5.90. The van der Waals surface area contributed by atoms with Gasteiger partial charge in [-0.1, -0.05) is 17.7 Å². The molecule has 1 aromatic carbocycles. The number of halogens is 1. The third kappa shape index (κ3) is 2.88. The maximum absolute atomic E-state index is 5.90. The third-order valence-electron chi connectivity index (χ3n) is 2.95. The molecule has 1 fully saturated rings. The first-order valence-electron chi connectivity index (χ1n) is 5.59. The van der Waals surface area contributed by atoms with Crippen LogP contribution in [-0.4, -0.2) is 12.1 Å². The molecule has 1 aliphatic carbocycles. The molecule has 0 amide bonds. The van der Waals surface area contributed by atoms with Crippen LogP contribution in [0.25, 0.3) is 0 Å². The maximum atomic E-state index is 5.90. The number of rotatable bonds is 5. The fourth-order valence-corrected chi connectivity index (χ4v) is 2.12. The first-order chi connectivity index (χ1) is 7.70. The lowest BCUT2D eigenvalue weighted by molar-refractivity contribution is 0.158. The molecule has 3 N–H and O–H groups in total. The van der Waals surface area contributed by atoms with Crippen molar-refractivity contribution in [3.8, 4) is 5.75 Å². The number of nitrogens with one attached hydrogen (secondary N) is 1. The molecule has 0 spiro atoms. The van der Waals surface area contributed by atoms with Crippen LogP contribution in [0.1, 0.15) is 19.8 Å². The lowest BCUT2D eigenvalue weighted by Gasteiger charge is -2.24. The van der Waals surface area contributed by atoms with Crippen LogP contribution in [-0.2, 0) is 0 Å². The topological polar surface area (TPSA) is 47.3 Å². The summed E-state index contributed by atoms with van der Waals surface area (Å²) in [5.74, 6) is 6.99. The predicted molar refractivity (Wildman–Crippen MR) is 65.4 cm³/mol. The van der Waals surface area contributed by atoms with Gasteiger partial charge in [-0.2, -0.15) is 0 Å². The fourth-order valence-electron chi connectivity index (χ4n) is 1.94. The number of ether oxygens (including phenoxy) is 1. The molecule has 88 valence electrons. The van der Waals surface area contributed by atoms with E-state index in [1.54, 1.807) is 0 Å². The second kappa shape index (κ2) is 5.04. The molecule has 1 saturated carbocycles. The van der Waals surface area contributed by atoms with Gasteiger partial charge in [0.25, 0.3) is 0 Å². The molecule has 2 unspecified atom stereocenters. The zero-order valence-electron chi connectivity index (χ0n) is 9.32. The van der Waals surface area contributed by atoms with Crippen molar-refractivity contribution in [1.82, 2.24) is 5.43 Å². The van der Waals surface area contributed by atoms with Crippen molar-refractivity contribution in [3.05, 3.63) is 29.3 Å². The zero-order chi connectivity index (χ0) is 11.5. The Kier molecular flexibility index (Phi) is 3.69. The van der Waals surface area contributed by atoms with E-state index < -0.39 is 0 Å². The summed E-state index contributed by atoms with van der Waals surface area (Å²) in [6.07, 6.45) is 2.52. The smallest absolute Gasteiger partial charge is 0.121 e. The van der Waals surface area contributed by atoms with Gasteiger partial charge in [-0.15, -0.1) is 0 Å². The molecule has 0 aliphatic heterocycles. The average Bonchev–Trinajstić information content (AvgIpc) is 3.03. The van der Waals surface area contributed by atoms with E-state index >= 15 is 0 Å². The van der Waals surface area contributed by atoms with Crippen LogP contribution in [0.15, 0.2) is 24.3 Å². The Balaban J connectivity index is 1.97. The summed E-state index contributed by atoms with van der Waals surface area (Å²) in [4.78, 5) is 0. The quantitative estimate of drug-likeness (QED) is 0.614. The summed E-state index contributed by atoms with van der Waals surface area (Å²) in [6.45, 7) is 2.03. The second-order valence-corrected chi connectivity index (χ2v) is 4.75. The summed E-state index contributed by atoms with van der Waals surface area (Å²) in [5.41, 5.74) is 2.84. The van der Waals surface area contributed by atoms with Crippen molar-refractivity contribution in [1.29, 1.82) is 0 Å². The minimum absolute atomic E-state index is 0.0518. The summed E-state index contributed by atoms with van der Waals surface area (Å²) < 4.78 is 5.82. The molecule has 2 atom stereocenters. The van der Waals surface area contributed by atoms with Crippen molar-refractivity contribution in [2.45, 2.75) is 31.9 Å². The highest BCUT2D eigenvalue weighted by Gasteiger charge is 2.35. The van der Waals surface area contributed by atoms with E-state index in [0.29, 0.717) is 10.9 Å². The minimum Gasteiger partial charge on any atom is -0.489 e. The van der Waals surface area contributed by atoms with Gasteiger partial charge in [0.2, 0.25) is 0 Å². The van der Waals surface area contributed by atoms with E-state index in [2.05, 4.69) is 5.43 Å². The van der Waals surface area contributed by atoms with Gasteiger partial charge in [0.15, 0.2) is 0 Å². The molecule has 0 aromatic heterocycles. The van der Waals surface area contributed by atoms with Gasteiger partial charge in [-0.25, -0.2) is 0 Å². The van der Waals surface area contributed by atoms with Gasteiger partial charge in [-0.05, 0) is 43.9 Å². The Morgan fingerprint density at radius 1 is 1.50 bits per heavy atom. The zero-order valence-corrected chi connectivity index (χ0v) is 10.1. The average molecular weight is 241 g/mol. The molecule has 4 heteroatoms. The number of benzene rings is 1. The van der Waals surface area contributed by atoms with Crippen molar-refractivity contribution in [3.63, 3.8) is 0 Å². The highest BCUT2D eigenvalue weighted by Crippen LogP contribution is 2.34. The molecule has 0 saturated heterocycles. The van der Waals surface area contributed by atoms with Crippen molar-refractivity contribution in [2.75, 3.05) is 0 Å². The molecule has 0 radical (unpaired) electrons. The predicted octanol–water partition coefficient (Wildman–Crippen LogP) is 2.35. The van der Waals surface area contributed by atoms with Gasteiger partial charge >= 0.3 is 0 Å². The summed E-state index contributed by atoms with van der Waals surface area (Å²) in [6, 6.07) is 7.66. The molecule has 0 heterocycles. The minimum atomic E-state index is 0.0518. The van der Waals surface area contributed by atoms with Crippen molar-refractivity contribution in [2.24, 2.45) is 11.8 Å². The summed E-state index contributed by atoms with van der Waals surface area (Å²) in [7, 11) is 0. The molecule has 3 nitrogen and oxygen atoms in total. The van der Waals surface area contributed by atoms with E-state index in [0.717, 1.165) is 5.75 Å². The maximum Gasteiger partial charge on any atom is 0.121 e. The molecule has 1 aliphatic rings. The van der Waals surface area contributed by atoms with E-state index in [1.807, 2.05) is 31.2 Å². The van der Waals surface area contributed by atoms with Gasteiger partial charge in [0, 0.05) is 5.02 Å². The lowest BCUT2D eigenvalue weighted by Crippen LogP contribution is -2.46. The lowest BCUT2D eigenvalue weighted by atomic mass is 10.1. The van der Waals surface area contributed by atoms with E-state index in [1.165, 1.54) is 12.8 Å². The fraction of sp³-hybridized carbons (Fsp3) is 0.500. The standard InChI is InChI=1S/C12H17ClN2O/c1-8(12(15-14)9-5-6-9)16-11-4-2-3-10(13)7-11/h2-4,7-9,12,15H,5-6,14H2,1H3. The van der Waals surface area contributed by atoms with Crippen LogP contribution in [0.4, 0.5) is 0 Å². The van der Waals surface area contributed by atoms with Crippen molar-refractivity contribution >= 4 is 11.6 Å². The number of hydrogen-bond donors (Lipinski definition) is 2. The van der Waals surface area contributed by atoms with Crippen LogP contribution in [0.3, 0.4) is 0 Å². The van der Waals surface area contributed by atoms with Crippen LogP contribution in [0.2, 0.25) is 5.02 Å². The first-order valence-corrected chi connectivity index (χ1v) is 5.97. The Labute approximate surface area is 101 Å².